The molecule has 1 aliphatic rings. The maximum Gasteiger partial charge on any atom is 0.277 e. The maximum atomic E-state index is 12.9. The van der Waals surface area contributed by atoms with E-state index >= 15 is 0 Å². The Morgan fingerprint density at radius 3 is 2.85 bits per heavy atom. The van der Waals surface area contributed by atoms with Crippen LogP contribution in [0.4, 0.5) is 10.1 Å². The third-order valence-electron chi connectivity index (χ3n) is 4.81. The third-order valence-corrected chi connectivity index (χ3v) is 4.81. The molecule has 0 aliphatic heterocycles. The topological polar surface area (TPSA) is 68.4 Å². The second kappa shape index (κ2) is 6.40. The van der Waals surface area contributed by atoms with Crippen molar-refractivity contribution in [1.29, 1.82) is 0 Å². The SMILES string of the molecule is CC1CCc2nn3ccn(CC(=O)Nc4ccc(F)cc4)c(=O)c3c2C1. The van der Waals surface area contributed by atoms with Gasteiger partial charge in [0.15, 0.2) is 0 Å². The van der Waals surface area contributed by atoms with Crippen LogP contribution in [-0.2, 0) is 24.2 Å². The van der Waals surface area contributed by atoms with Gasteiger partial charge in [0.25, 0.3) is 5.56 Å². The molecular weight excluding hydrogens is 335 g/mol. The van der Waals surface area contributed by atoms with Crippen LogP contribution in [0.1, 0.15) is 24.6 Å². The number of carbonyl (C=O) groups excluding carboxylic acids is 1. The van der Waals surface area contributed by atoms with Gasteiger partial charge in [-0.2, -0.15) is 5.10 Å². The van der Waals surface area contributed by atoms with Gasteiger partial charge in [0, 0.05) is 23.6 Å². The first-order chi connectivity index (χ1) is 12.5. The average molecular weight is 354 g/mol. The summed E-state index contributed by atoms with van der Waals surface area (Å²) in [6.07, 6.45) is 6.07. The minimum atomic E-state index is -0.371. The second-order valence-corrected chi connectivity index (χ2v) is 6.85. The molecule has 0 bridgehead atoms. The molecule has 0 saturated carbocycles. The van der Waals surface area contributed by atoms with Crippen molar-refractivity contribution < 1.29 is 9.18 Å². The van der Waals surface area contributed by atoms with Crippen molar-refractivity contribution >= 4 is 17.1 Å². The van der Waals surface area contributed by atoms with Crippen LogP contribution in [0.3, 0.4) is 0 Å². The highest BCUT2D eigenvalue weighted by atomic mass is 19.1. The highest BCUT2D eigenvalue weighted by Gasteiger charge is 2.23. The molecule has 0 fully saturated rings. The lowest BCUT2D eigenvalue weighted by Crippen LogP contribution is -2.28. The van der Waals surface area contributed by atoms with E-state index in [0.717, 1.165) is 30.5 Å². The molecule has 1 amide bonds. The van der Waals surface area contributed by atoms with E-state index in [2.05, 4.69) is 17.3 Å². The summed E-state index contributed by atoms with van der Waals surface area (Å²) in [5, 5.41) is 7.18. The fourth-order valence-electron chi connectivity index (χ4n) is 3.46. The summed E-state index contributed by atoms with van der Waals surface area (Å²) in [5.41, 5.74) is 2.81. The Bertz CT molecular complexity index is 1040. The Labute approximate surface area is 149 Å². The summed E-state index contributed by atoms with van der Waals surface area (Å²) in [6.45, 7) is 2.06. The molecular formula is C19H19FN4O2. The van der Waals surface area contributed by atoms with Gasteiger partial charge in [0.05, 0.1) is 5.69 Å². The van der Waals surface area contributed by atoms with Crippen LogP contribution in [0.5, 0.6) is 0 Å². The number of halogens is 1. The van der Waals surface area contributed by atoms with E-state index in [1.807, 2.05) is 0 Å². The lowest BCUT2D eigenvalue weighted by molar-refractivity contribution is -0.116. The average Bonchev–Trinajstić information content (AvgIpc) is 2.98. The molecule has 0 spiro atoms. The number of aromatic nitrogens is 3. The molecule has 26 heavy (non-hydrogen) atoms. The number of hydrogen-bond donors (Lipinski definition) is 1. The molecule has 7 heteroatoms. The number of aryl methyl sites for hydroxylation is 1. The van der Waals surface area contributed by atoms with Crippen LogP contribution in [0.15, 0.2) is 41.5 Å². The van der Waals surface area contributed by atoms with Crippen molar-refractivity contribution in [1.82, 2.24) is 14.2 Å². The highest BCUT2D eigenvalue weighted by Crippen LogP contribution is 2.26. The minimum Gasteiger partial charge on any atom is -0.325 e. The predicted molar refractivity (Wildman–Crippen MR) is 95.7 cm³/mol. The molecule has 1 N–H and O–H groups in total. The van der Waals surface area contributed by atoms with Crippen LogP contribution >= 0.6 is 0 Å². The Morgan fingerprint density at radius 2 is 2.08 bits per heavy atom. The second-order valence-electron chi connectivity index (χ2n) is 6.85. The number of carbonyl (C=O) groups is 1. The van der Waals surface area contributed by atoms with E-state index in [4.69, 9.17) is 0 Å². The number of fused-ring (bicyclic) bond motifs is 3. The van der Waals surface area contributed by atoms with E-state index in [1.165, 1.54) is 28.8 Å². The first-order valence-electron chi connectivity index (χ1n) is 8.66. The molecule has 0 radical (unpaired) electrons. The van der Waals surface area contributed by atoms with Gasteiger partial charge in [-0.1, -0.05) is 6.92 Å². The van der Waals surface area contributed by atoms with Gasteiger partial charge < -0.3 is 9.88 Å². The van der Waals surface area contributed by atoms with E-state index in [0.29, 0.717) is 17.1 Å². The van der Waals surface area contributed by atoms with Crippen molar-refractivity contribution in [2.24, 2.45) is 5.92 Å². The summed E-state index contributed by atoms with van der Waals surface area (Å²) in [4.78, 5) is 25.1. The van der Waals surface area contributed by atoms with Gasteiger partial charge in [0.2, 0.25) is 5.91 Å². The first kappa shape index (κ1) is 16.5. The third kappa shape index (κ3) is 3.00. The Kier molecular flexibility index (Phi) is 4.06. The monoisotopic (exact) mass is 354 g/mol. The van der Waals surface area contributed by atoms with E-state index in [1.54, 1.807) is 16.9 Å². The zero-order valence-corrected chi connectivity index (χ0v) is 14.4. The summed E-state index contributed by atoms with van der Waals surface area (Å²) < 4.78 is 15.9. The smallest absolute Gasteiger partial charge is 0.277 e. The molecule has 1 atom stereocenters. The van der Waals surface area contributed by atoms with Crippen LogP contribution in [0.25, 0.3) is 5.52 Å². The highest BCUT2D eigenvalue weighted by molar-refractivity contribution is 5.90. The summed E-state index contributed by atoms with van der Waals surface area (Å²) in [6, 6.07) is 5.50. The molecule has 2 aromatic heterocycles. The molecule has 1 aromatic carbocycles. The first-order valence-corrected chi connectivity index (χ1v) is 8.66. The van der Waals surface area contributed by atoms with Gasteiger partial charge >= 0.3 is 0 Å². The molecule has 1 unspecified atom stereocenters. The van der Waals surface area contributed by atoms with Crippen molar-refractivity contribution in [3.05, 3.63) is 64.1 Å². The molecule has 4 rings (SSSR count). The van der Waals surface area contributed by atoms with Crippen LogP contribution < -0.4 is 10.9 Å². The fraction of sp³-hybridized carbons (Fsp3) is 0.316. The quantitative estimate of drug-likeness (QED) is 0.785. The zero-order valence-electron chi connectivity index (χ0n) is 14.4. The fourth-order valence-corrected chi connectivity index (χ4v) is 3.46. The lowest BCUT2D eigenvalue weighted by atomic mass is 9.88. The Hall–Kier alpha value is -2.96. The normalized spacial score (nSPS) is 16.5. The summed E-state index contributed by atoms with van der Waals surface area (Å²) in [5.74, 6) is -0.195. The number of anilines is 1. The van der Waals surface area contributed by atoms with Crippen molar-refractivity contribution in [3.8, 4) is 0 Å². The Morgan fingerprint density at radius 1 is 1.31 bits per heavy atom. The largest absolute Gasteiger partial charge is 0.325 e. The molecule has 0 saturated heterocycles. The van der Waals surface area contributed by atoms with Crippen LogP contribution in [0.2, 0.25) is 0 Å². The van der Waals surface area contributed by atoms with Crippen molar-refractivity contribution in [2.45, 2.75) is 32.7 Å². The number of rotatable bonds is 3. The van der Waals surface area contributed by atoms with Crippen molar-refractivity contribution in [2.75, 3.05) is 5.32 Å². The number of benzene rings is 1. The van der Waals surface area contributed by atoms with Gasteiger partial charge in [-0.15, -0.1) is 0 Å². The van der Waals surface area contributed by atoms with E-state index < -0.39 is 0 Å². The minimum absolute atomic E-state index is 0.109. The molecule has 6 nitrogen and oxygen atoms in total. The number of nitrogens with zero attached hydrogens (tertiary/aromatic N) is 3. The lowest BCUT2D eigenvalue weighted by Gasteiger charge is -2.16. The zero-order chi connectivity index (χ0) is 18.3. The molecule has 3 aromatic rings. The predicted octanol–water partition coefficient (Wildman–Crippen LogP) is 2.40. The standard InChI is InChI=1S/C19H19FN4O2/c1-12-2-7-16-15(10-12)18-19(26)23(8-9-24(18)22-16)11-17(25)21-14-5-3-13(20)4-6-14/h3-6,8-9,12H,2,7,10-11H2,1H3,(H,21,25). The maximum absolute atomic E-state index is 12.9. The number of nitrogens with one attached hydrogen (secondary N) is 1. The van der Waals surface area contributed by atoms with Crippen LogP contribution in [-0.4, -0.2) is 20.1 Å². The number of hydrogen-bond acceptors (Lipinski definition) is 3. The Balaban J connectivity index is 1.61. The van der Waals surface area contributed by atoms with Crippen LogP contribution in [0, 0.1) is 11.7 Å². The molecule has 1 aliphatic carbocycles. The van der Waals surface area contributed by atoms with Gasteiger partial charge in [-0.3, -0.25) is 9.59 Å². The molecule has 2 heterocycles. The summed E-state index contributed by atoms with van der Waals surface area (Å²) in [7, 11) is 0. The van der Waals surface area contributed by atoms with Gasteiger partial charge in [-0.25, -0.2) is 8.91 Å². The summed E-state index contributed by atoms with van der Waals surface area (Å²) >= 11 is 0. The van der Waals surface area contributed by atoms with E-state index in [9.17, 15) is 14.0 Å². The van der Waals surface area contributed by atoms with Gasteiger partial charge in [0.1, 0.15) is 17.9 Å². The number of amides is 1. The molecule has 134 valence electrons. The van der Waals surface area contributed by atoms with Crippen molar-refractivity contribution in [3.63, 3.8) is 0 Å². The van der Waals surface area contributed by atoms with Gasteiger partial charge in [-0.05, 0) is 49.4 Å². The van der Waals surface area contributed by atoms with E-state index in [-0.39, 0.29) is 23.8 Å².